The van der Waals surface area contributed by atoms with Gasteiger partial charge in [0.25, 0.3) is 0 Å². The lowest BCUT2D eigenvalue weighted by atomic mass is 9.95. The van der Waals surface area contributed by atoms with Gasteiger partial charge in [0.2, 0.25) is 5.91 Å². The van der Waals surface area contributed by atoms with E-state index in [4.69, 9.17) is 15.0 Å². The van der Waals surface area contributed by atoms with Gasteiger partial charge in [0.15, 0.2) is 6.29 Å². The van der Waals surface area contributed by atoms with E-state index in [1.54, 1.807) is 0 Å². The van der Waals surface area contributed by atoms with Crippen molar-refractivity contribution in [1.29, 1.82) is 0 Å². The lowest BCUT2D eigenvalue weighted by Gasteiger charge is -2.42. The van der Waals surface area contributed by atoms with E-state index in [9.17, 15) is 15.0 Å². The Labute approximate surface area is 138 Å². The summed E-state index contributed by atoms with van der Waals surface area (Å²) < 4.78 is 11.2. The molecule has 0 saturated carbocycles. The standard InChI is InChI=1S/C15H20N4O5/c1-9(21)17-13-12(18-19-16)14(22)11(7-20)24-15(13)23-8-10-5-3-2-4-6-10/h2-6,11-15,20,22H,7-8H2,1H3,(H,17,21)/t11-,12-,13-,14-,15+/m1/s1. The molecule has 0 radical (unpaired) electrons. The lowest BCUT2D eigenvalue weighted by molar-refractivity contribution is -0.250. The summed E-state index contributed by atoms with van der Waals surface area (Å²) in [6.07, 6.45) is -3.23. The molecule has 130 valence electrons. The third-order valence-electron chi connectivity index (χ3n) is 3.69. The monoisotopic (exact) mass is 336 g/mol. The van der Waals surface area contributed by atoms with Crippen LogP contribution in [0.3, 0.4) is 0 Å². The molecule has 0 unspecified atom stereocenters. The fourth-order valence-corrected chi connectivity index (χ4v) is 2.57. The molecule has 2 rings (SSSR count). The zero-order valence-corrected chi connectivity index (χ0v) is 13.1. The van der Waals surface area contributed by atoms with Gasteiger partial charge in [-0.3, -0.25) is 4.79 Å². The van der Waals surface area contributed by atoms with Crippen LogP contribution in [-0.4, -0.2) is 53.3 Å². The number of nitrogens with zero attached hydrogens (tertiary/aromatic N) is 3. The molecule has 1 aromatic rings. The van der Waals surface area contributed by atoms with E-state index in [1.165, 1.54) is 6.92 Å². The molecule has 1 aliphatic rings. The summed E-state index contributed by atoms with van der Waals surface area (Å²) in [7, 11) is 0. The van der Waals surface area contributed by atoms with Crippen LogP contribution in [0.2, 0.25) is 0 Å². The first-order chi connectivity index (χ1) is 11.6. The number of benzene rings is 1. The number of rotatable bonds is 6. The van der Waals surface area contributed by atoms with Crippen molar-refractivity contribution >= 4 is 5.91 Å². The minimum atomic E-state index is -1.26. The summed E-state index contributed by atoms with van der Waals surface area (Å²) in [6, 6.07) is 7.41. The van der Waals surface area contributed by atoms with E-state index in [1.807, 2.05) is 30.3 Å². The van der Waals surface area contributed by atoms with Gasteiger partial charge >= 0.3 is 0 Å². The van der Waals surface area contributed by atoms with Gasteiger partial charge in [0.05, 0.1) is 31.4 Å². The van der Waals surface area contributed by atoms with E-state index >= 15 is 0 Å². The zero-order chi connectivity index (χ0) is 17.5. The fraction of sp³-hybridized carbons (Fsp3) is 0.533. The molecule has 1 heterocycles. The molecule has 3 N–H and O–H groups in total. The normalized spacial score (nSPS) is 29.5. The summed E-state index contributed by atoms with van der Waals surface area (Å²) in [5.41, 5.74) is 9.62. The second-order valence-electron chi connectivity index (χ2n) is 5.43. The molecule has 1 fully saturated rings. The quantitative estimate of drug-likeness (QED) is 0.394. The highest BCUT2D eigenvalue weighted by molar-refractivity contribution is 5.73. The number of hydrogen-bond donors (Lipinski definition) is 3. The predicted molar refractivity (Wildman–Crippen MR) is 83.5 cm³/mol. The van der Waals surface area contributed by atoms with Gasteiger partial charge in [-0.1, -0.05) is 35.4 Å². The number of carbonyl (C=O) groups excluding carboxylic acids is 1. The molecule has 1 aromatic carbocycles. The van der Waals surface area contributed by atoms with E-state index < -0.39 is 37.2 Å². The van der Waals surface area contributed by atoms with Crippen molar-refractivity contribution in [1.82, 2.24) is 5.32 Å². The Bertz CT molecular complexity index is 593. The minimum Gasteiger partial charge on any atom is -0.394 e. The molecule has 9 nitrogen and oxygen atoms in total. The van der Waals surface area contributed by atoms with E-state index in [0.29, 0.717) is 0 Å². The highest BCUT2D eigenvalue weighted by Crippen LogP contribution is 2.25. The summed E-state index contributed by atoms with van der Waals surface area (Å²) in [5, 5.41) is 25.7. The van der Waals surface area contributed by atoms with Crippen molar-refractivity contribution in [2.45, 2.75) is 44.1 Å². The molecule has 0 spiro atoms. The minimum absolute atomic E-state index is 0.193. The Morgan fingerprint density at radius 2 is 2.17 bits per heavy atom. The summed E-state index contributed by atoms with van der Waals surface area (Å²) >= 11 is 0. The van der Waals surface area contributed by atoms with Gasteiger partial charge < -0.3 is 25.0 Å². The first-order valence-electron chi connectivity index (χ1n) is 7.48. The number of aliphatic hydroxyl groups is 2. The number of amides is 1. The van der Waals surface area contributed by atoms with Crippen LogP contribution in [-0.2, 0) is 20.9 Å². The van der Waals surface area contributed by atoms with Crippen LogP contribution in [0.25, 0.3) is 10.4 Å². The molecule has 9 heteroatoms. The number of hydrogen-bond acceptors (Lipinski definition) is 6. The molecular formula is C15H20N4O5. The Balaban J connectivity index is 2.19. The van der Waals surface area contributed by atoms with Crippen LogP contribution in [0.5, 0.6) is 0 Å². The first kappa shape index (κ1) is 18.2. The Morgan fingerprint density at radius 3 is 2.75 bits per heavy atom. The number of carbonyl (C=O) groups is 1. The molecular weight excluding hydrogens is 316 g/mol. The largest absolute Gasteiger partial charge is 0.394 e. The molecule has 24 heavy (non-hydrogen) atoms. The Hall–Kier alpha value is -2.16. The van der Waals surface area contributed by atoms with Crippen molar-refractivity contribution in [3.63, 3.8) is 0 Å². The first-order valence-corrected chi connectivity index (χ1v) is 7.48. The Kier molecular flexibility index (Phi) is 6.53. The summed E-state index contributed by atoms with van der Waals surface area (Å²) in [4.78, 5) is 14.2. The van der Waals surface area contributed by atoms with Crippen molar-refractivity contribution in [2.75, 3.05) is 6.61 Å². The number of nitrogens with one attached hydrogen (secondary N) is 1. The number of ether oxygens (including phenoxy) is 2. The van der Waals surface area contributed by atoms with Crippen LogP contribution in [0.15, 0.2) is 35.4 Å². The van der Waals surface area contributed by atoms with Crippen molar-refractivity contribution in [3.05, 3.63) is 46.3 Å². The van der Waals surface area contributed by atoms with Crippen molar-refractivity contribution in [2.24, 2.45) is 5.11 Å². The third kappa shape index (κ3) is 4.44. The average molecular weight is 336 g/mol. The van der Waals surface area contributed by atoms with Crippen LogP contribution < -0.4 is 5.32 Å². The second kappa shape index (κ2) is 8.62. The van der Waals surface area contributed by atoms with E-state index in [-0.39, 0.29) is 12.5 Å². The van der Waals surface area contributed by atoms with Gasteiger partial charge in [-0.05, 0) is 11.1 Å². The molecule has 5 atom stereocenters. The van der Waals surface area contributed by atoms with E-state index in [2.05, 4.69) is 15.3 Å². The fourth-order valence-electron chi connectivity index (χ4n) is 2.57. The van der Waals surface area contributed by atoms with Gasteiger partial charge in [-0.25, -0.2) is 0 Å². The predicted octanol–water partition coefficient (Wildman–Crippen LogP) is 0.465. The van der Waals surface area contributed by atoms with Crippen LogP contribution >= 0.6 is 0 Å². The van der Waals surface area contributed by atoms with Crippen molar-refractivity contribution < 1.29 is 24.5 Å². The third-order valence-corrected chi connectivity index (χ3v) is 3.69. The highest BCUT2D eigenvalue weighted by Gasteiger charge is 2.45. The maximum absolute atomic E-state index is 11.5. The molecule has 0 aromatic heterocycles. The molecule has 1 aliphatic heterocycles. The maximum atomic E-state index is 11.5. The van der Waals surface area contributed by atoms with Gasteiger partial charge in [-0.15, -0.1) is 0 Å². The smallest absolute Gasteiger partial charge is 0.217 e. The molecule has 1 amide bonds. The topological polar surface area (TPSA) is 137 Å². The molecule has 0 bridgehead atoms. The average Bonchev–Trinajstić information content (AvgIpc) is 2.58. The van der Waals surface area contributed by atoms with Gasteiger partial charge in [0, 0.05) is 11.8 Å². The van der Waals surface area contributed by atoms with Crippen LogP contribution in [0, 0.1) is 0 Å². The van der Waals surface area contributed by atoms with E-state index in [0.717, 1.165) is 5.56 Å². The number of azide groups is 1. The molecule has 1 saturated heterocycles. The van der Waals surface area contributed by atoms with Crippen molar-refractivity contribution in [3.8, 4) is 0 Å². The Morgan fingerprint density at radius 1 is 1.46 bits per heavy atom. The van der Waals surface area contributed by atoms with Crippen LogP contribution in [0.1, 0.15) is 12.5 Å². The lowest BCUT2D eigenvalue weighted by Crippen LogP contribution is -2.63. The second-order valence-corrected chi connectivity index (χ2v) is 5.43. The summed E-state index contributed by atoms with van der Waals surface area (Å²) in [5.74, 6) is -0.385. The van der Waals surface area contributed by atoms with Crippen LogP contribution in [0.4, 0.5) is 0 Å². The summed E-state index contributed by atoms with van der Waals surface area (Å²) in [6.45, 7) is 1.02. The SMILES string of the molecule is CC(=O)N[C@H]1[C@@H](OCc2ccccc2)O[C@H](CO)[C@@H](O)[C@@H]1N=[N+]=[N-]. The van der Waals surface area contributed by atoms with Gasteiger partial charge in [-0.2, -0.15) is 0 Å². The van der Waals surface area contributed by atoms with Gasteiger partial charge in [0.1, 0.15) is 6.10 Å². The maximum Gasteiger partial charge on any atom is 0.217 e. The molecule has 0 aliphatic carbocycles. The number of aliphatic hydroxyl groups excluding tert-OH is 2. The highest BCUT2D eigenvalue weighted by atomic mass is 16.7. The zero-order valence-electron chi connectivity index (χ0n) is 13.1.